The fraction of sp³-hybridized carbons (Fsp3) is 0.417. The average molecular weight is 488 g/mol. The van der Waals surface area contributed by atoms with Crippen molar-refractivity contribution in [2.75, 3.05) is 26.2 Å². The second kappa shape index (κ2) is 11.4. The van der Waals surface area contributed by atoms with E-state index in [0.29, 0.717) is 30.6 Å². The van der Waals surface area contributed by atoms with Crippen LogP contribution in [0.15, 0.2) is 53.0 Å². The van der Waals surface area contributed by atoms with Crippen LogP contribution < -0.4 is 10.6 Å². The van der Waals surface area contributed by atoms with Gasteiger partial charge in [-0.1, -0.05) is 34.1 Å². The van der Waals surface area contributed by atoms with Gasteiger partial charge in [0.05, 0.1) is 12.2 Å². The molecule has 2 atom stereocenters. The molecule has 6 nitrogen and oxygen atoms in total. The molecule has 0 spiro atoms. The van der Waals surface area contributed by atoms with Gasteiger partial charge in [-0.15, -0.1) is 0 Å². The number of carbonyl (C=O) groups is 2. The number of nitrogens with one attached hydrogen (secondary N) is 2. The third kappa shape index (κ3) is 7.45. The molecule has 2 aromatic carbocycles. The maximum Gasteiger partial charge on any atom is 0.251 e. The van der Waals surface area contributed by atoms with Crippen molar-refractivity contribution in [3.8, 4) is 0 Å². The van der Waals surface area contributed by atoms with E-state index in [-0.39, 0.29) is 24.0 Å². The van der Waals surface area contributed by atoms with Crippen molar-refractivity contribution in [2.24, 2.45) is 0 Å². The molecule has 31 heavy (non-hydrogen) atoms. The molecule has 1 heterocycles. The zero-order chi connectivity index (χ0) is 22.2. The molecule has 0 aliphatic carbocycles. The third-order valence-electron chi connectivity index (χ3n) is 5.13. The molecule has 1 fully saturated rings. The van der Waals surface area contributed by atoms with Gasteiger partial charge in [-0.3, -0.25) is 14.5 Å². The fourth-order valence-electron chi connectivity index (χ4n) is 3.76. The Balaban J connectivity index is 1.37. The molecule has 0 bridgehead atoms. The number of carbonyl (C=O) groups excluding carboxylic acids is 2. The van der Waals surface area contributed by atoms with E-state index in [1.807, 2.05) is 36.4 Å². The maximum absolute atomic E-state index is 12.4. The van der Waals surface area contributed by atoms with Crippen molar-refractivity contribution in [1.82, 2.24) is 15.5 Å². The van der Waals surface area contributed by atoms with Gasteiger partial charge in [0.15, 0.2) is 0 Å². The molecule has 1 aliphatic heterocycles. The fourth-order valence-corrected chi connectivity index (χ4v) is 4.16. The van der Waals surface area contributed by atoms with Crippen LogP contribution in [-0.4, -0.2) is 55.1 Å². The Kier molecular flexibility index (Phi) is 8.63. The molecule has 7 heteroatoms. The number of nitrogens with zero attached hydrogens (tertiary/aromatic N) is 1. The Morgan fingerprint density at radius 1 is 0.968 bits per heavy atom. The second-order valence-electron chi connectivity index (χ2n) is 8.02. The number of rotatable bonds is 8. The van der Waals surface area contributed by atoms with Crippen molar-refractivity contribution < 1.29 is 14.3 Å². The first-order chi connectivity index (χ1) is 14.9. The monoisotopic (exact) mass is 487 g/mol. The zero-order valence-corrected chi connectivity index (χ0v) is 19.7. The summed E-state index contributed by atoms with van der Waals surface area (Å²) in [5.74, 6) is -0.217. The first kappa shape index (κ1) is 23.4. The highest BCUT2D eigenvalue weighted by molar-refractivity contribution is 9.10. The number of hydrogen-bond acceptors (Lipinski definition) is 4. The summed E-state index contributed by atoms with van der Waals surface area (Å²) in [5, 5.41) is 5.78. The Morgan fingerprint density at radius 3 is 2.19 bits per heavy atom. The Hall–Kier alpha value is -2.22. The highest BCUT2D eigenvalue weighted by Crippen LogP contribution is 2.15. The van der Waals surface area contributed by atoms with Crippen LogP contribution in [0.2, 0.25) is 0 Å². The summed E-state index contributed by atoms with van der Waals surface area (Å²) < 4.78 is 6.65. The lowest BCUT2D eigenvalue weighted by Gasteiger charge is -2.35. The van der Waals surface area contributed by atoms with Crippen LogP contribution in [0, 0.1) is 0 Å². The first-order valence-electron chi connectivity index (χ1n) is 10.7. The highest BCUT2D eigenvalue weighted by Gasteiger charge is 2.22. The Bertz CT molecular complexity index is 878. The zero-order valence-electron chi connectivity index (χ0n) is 18.1. The van der Waals surface area contributed by atoms with Crippen LogP contribution in [-0.2, 0) is 11.3 Å². The molecular weight excluding hydrogens is 458 g/mol. The van der Waals surface area contributed by atoms with Crippen molar-refractivity contribution in [3.05, 3.63) is 69.7 Å². The molecule has 1 aliphatic rings. The minimum atomic E-state index is -0.118. The molecule has 3 rings (SSSR count). The predicted octanol–water partition coefficient (Wildman–Crippen LogP) is 3.61. The van der Waals surface area contributed by atoms with Crippen LogP contribution in [0.3, 0.4) is 0 Å². The van der Waals surface area contributed by atoms with Gasteiger partial charge in [-0.25, -0.2) is 0 Å². The molecular formula is C24H30BrN3O3. The molecule has 166 valence electrons. The molecule has 2 aromatic rings. The standard InChI is InChI=1S/C24H30BrN3O3/c1-17-14-28(15-18(2)31-17)16-19-7-9-20(10-8-19)23(29)26-11-4-12-27-24(30)21-5-3-6-22(25)13-21/h3,5-10,13,17-18H,4,11-12,14-16H2,1-2H3,(H,26,29)(H,27,30). The number of halogens is 1. The summed E-state index contributed by atoms with van der Waals surface area (Å²) >= 11 is 3.36. The Morgan fingerprint density at radius 2 is 1.58 bits per heavy atom. The van der Waals surface area contributed by atoms with Crippen LogP contribution in [0.1, 0.15) is 46.5 Å². The van der Waals surface area contributed by atoms with Gasteiger partial charge in [0.1, 0.15) is 0 Å². The molecule has 0 saturated carbocycles. The average Bonchev–Trinajstić information content (AvgIpc) is 2.73. The van der Waals surface area contributed by atoms with Crippen LogP contribution in [0.5, 0.6) is 0 Å². The minimum Gasteiger partial charge on any atom is -0.373 e. The van der Waals surface area contributed by atoms with Gasteiger partial charge in [-0.05, 0) is 56.2 Å². The van der Waals surface area contributed by atoms with Crippen LogP contribution in [0.4, 0.5) is 0 Å². The van der Waals surface area contributed by atoms with E-state index in [0.717, 1.165) is 24.1 Å². The molecule has 0 aromatic heterocycles. The van der Waals surface area contributed by atoms with Crippen LogP contribution in [0.25, 0.3) is 0 Å². The third-order valence-corrected chi connectivity index (χ3v) is 5.62. The SMILES string of the molecule is CC1CN(Cc2ccc(C(=O)NCCCNC(=O)c3cccc(Br)c3)cc2)CC(C)O1. The first-order valence-corrected chi connectivity index (χ1v) is 11.5. The van der Waals surface area contributed by atoms with Gasteiger partial charge in [0.25, 0.3) is 11.8 Å². The quantitative estimate of drug-likeness (QED) is 0.558. The lowest BCUT2D eigenvalue weighted by atomic mass is 10.1. The highest BCUT2D eigenvalue weighted by atomic mass is 79.9. The summed E-state index contributed by atoms with van der Waals surface area (Å²) in [7, 11) is 0. The molecule has 1 saturated heterocycles. The molecule has 2 amide bonds. The number of ether oxygens (including phenoxy) is 1. The summed E-state index contributed by atoms with van der Waals surface area (Å²) in [6.45, 7) is 7.90. The van der Waals surface area contributed by atoms with Crippen LogP contribution >= 0.6 is 15.9 Å². The molecule has 0 radical (unpaired) electrons. The largest absolute Gasteiger partial charge is 0.373 e. The van der Waals surface area contributed by atoms with E-state index >= 15 is 0 Å². The van der Waals surface area contributed by atoms with Crippen molar-refractivity contribution >= 4 is 27.7 Å². The Labute approximate surface area is 192 Å². The van der Waals surface area contributed by atoms with Crippen molar-refractivity contribution in [2.45, 2.75) is 39.0 Å². The topological polar surface area (TPSA) is 70.7 Å². The normalized spacial score (nSPS) is 19.1. The van der Waals surface area contributed by atoms with Crippen molar-refractivity contribution in [3.63, 3.8) is 0 Å². The lowest BCUT2D eigenvalue weighted by Crippen LogP contribution is -2.44. The summed E-state index contributed by atoms with van der Waals surface area (Å²) in [5.41, 5.74) is 2.44. The van der Waals surface area contributed by atoms with Gasteiger partial charge < -0.3 is 15.4 Å². The van der Waals surface area contributed by atoms with Gasteiger partial charge in [0.2, 0.25) is 0 Å². The van der Waals surface area contributed by atoms with E-state index in [2.05, 4.69) is 45.3 Å². The summed E-state index contributed by atoms with van der Waals surface area (Å²) in [4.78, 5) is 26.8. The number of amides is 2. The smallest absolute Gasteiger partial charge is 0.251 e. The van der Waals surface area contributed by atoms with Gasteiger partial charge in [-0.2, -0.15) is 0 Å². The molecule has 2 N–H and O–H groups in total. The number of benzene rings is 2. The minimum absolute atomic E-state index is 0.0986. The van der Waals surface area contributed by atoms with E-state index in [4.69, 9.17) is 4.74 Å². The van der Waals surface area contributed by atoms with E-state index in [1.165, 1.54) is 5.56 Å². The van der Waals surface area contributed by atoms with E-state index < -0.39 is 0 Å². The molecule has 2 unspecified atom stereocenters. The second-order valence-corrected chi connectivity index (χ2v) is 8.94. The number of morpholine rings is 1. The van der Waals surface area contributed by atoms with Crippen molar-refractivity contribution in [1.29, 1.82) is 0 Å². The summed E-state index contributed by atoms with van der Waals surface area (Å²) in [6, 6.07) is 15.0. The van der Waals surface area contributed by atoms with Gasteiger partial charge in [0, 0.05) is 48.3 Å². The van der Waals surface area contributed by atoms with E-state index in [9.17, 15) is 9.59 Å². The van der Waals surface area contributed by atoms with E-state index in [1.54, 1.807) is 12.1 Å². The summed E-state index contributed by atoms with van der Waals surface area (Å²) in [6.07, 6.45) is 1.15. The van der Waals surface area contributed by atoms with Gasteiger partial charge >= 0.3 is 0 Å². The lowest BCUT2D eigenvalue weighted by molar-refractivity contribution is -0.0704. The maximum atomic E-state index is 12.4. The number of hydrogen-bond donors (Lipinski definition) is 2. The predicted molar refractivity (Wildman–Crippen MR) is 125 cm³/mol.